The number of rotatable bonds is 6. The minimum absolute atomic E-state index is 0.0177. The summed E-state index contributed by atoms with van der Waals surface area (Å²) < 4.78 is 13.6. The fourth-order valence-corrected chi connectivity index (χ4v) is 3.34. The zero-order chi connectivity index (χ0) is 16.8. The quantitative estimate of drug-likeness (QED) is 0.703. The van der Waals surface area contributed by atoms with Gasteiger partial charge in [0.1, 0.15) is 11.9 Å². The van der Waals surface area contributed by atoms with Gasteiger partial charge in [-0.3, -0.25) is 14.4 Å². The van der Waals surface area contributed by atoms with Crippen molar-refractivity contribution >= 4 is 29.5 Å². The standard InChI is InChI=1S/C15H17FN2O4S/c16-10-4-2-1-3-9(10)7-12-15(22)18-11(8-23-12)14(21)17-6-5-13(19)20/h1-4,11-12H,5-8H2,(H,17,21)(H,18,22)(H,19,20). The van der Waals surface area contributed by atoms with Crippen molar-refractivity contribution in [3.8, 4) is 0 Å². The maximum absolute atomic E-state index is 13.6. The van der Waals surface area contributed by atoms with E-state index in [1.54, 1.807) is 18.2 Å². The molecule has 6 nitrogen and oxygen atoms in total. The molecular weight excluding hydrogens is 323 g/mol. The molecule has 1 saturated heterocycles. The number of carboxylic acid groups (broad SMARTS) is 1. The Labute approximate surface area is 136 Å². The summed E-state index contributed by atoms with van der Waals surface area (Å²) in [5.74, 6) is -1.71. The third kappa shape index (κ3) is 4.95. The molecule has 1 aromatic carbocycles. The number of thioether (sulfide) groups is 1. The minimum atomic E-state index is -1.00. The number of benzene rings is 1. The Bertz CT molecular complexity index is 611. The lowest BCUT2D eigenvalue weighted by molar-refractivity contribution is -0.137. The molecule has 1 aliphatic rings. The number of hydrogen-bond acceptors (Lipinski definition) is 4. The normalized spacial score (nSPS) is 20.7. The summed E-state index contributed by atoms with van der Waals surface area (Å²) in [6.45, 7) is 0.0177. The second kappa shape index (κ2) is 7.96. The van der Waals surface area contributed by atoms with Gasteiger partial charge in [0.2, 0.25) is 11.8 Å². The van der Waals surface area contributed by atoms with Crippen LogP contribution >= 0.6 is 11.8 Å². The number of carbonyl (C=O) groups is 3. The number of carboxylic acids is 1. The number of aliphatic carboxylic acids is 1. The van der Waals surface area contributed by atoms with Gasteiger partial charge in [0.25, 0.3) is 0 Å². The highest BCUT2D eigenvalue weighted by molar-refractivity contribution is 8.00. The first-order valence-electron chi connectivity index (χ1n) is 7.12. The fraction of sp³-hybridized carbons (Fsp3) is 0.400. The van der Waals surface area contributed by atoms with E-state index in [1.807, 2.05) is 0 Å². The van der Waals surface area contributed by atoms with E-state index >= 15 is 0 Å². The van der Waals surface area contributed by atoms with Crippen LogP contribution in [0, 0.1) is 5.82 Å². The van der Waals surface area contributed by atoms with Crippen LogP contribution in [0.5, 0.6) is 0 Å². The summed E-state index contributed by atoms with van der Waals surface area (Å²) >= 11 is 1.30. The lowest BCUT2D eigenvalue weighted by atomic mass is 10.1. The van der Waals surface area contributed by atoms with Gasteiger partial charge in [-0.15, -0.1) is 11.8 Å². The first-order valence-corrected chi connectivity index (χ1v) is 8.17. The third-order valence-corrected chi connectivity index (χ3v) is 4.70. The molecule has 0 bridgehead atoms. The first kappa shape index (κ1) is 17.3. The van der Waals surface area contributed by atoms with Crippen molar-refractivity contribution in [1.29, 1.82) is 0 Å². The Kier molecular flexibility index (Phi) is 5.97. The molecule has 2 atom stereocenters. The second-order valence-corrected chi connectivity index (χ2v) is 6.35. The molecule has 0 aromatic heterocycles. The average molecular weight is 340 g/mol. The van der Waals surface area contributed by atoms with E-state index in [0.717, 1.165) is 0 Å². The molecule has 2 rings (SSSR count). The van der Waals surface area contributed by atoms with Crippen molar-refractivity contribution in [2.75, 3.05) is 12.3 Å². The maximum Gasteiger partial charge on any atom is 0.305 e. The zero-order valence-electron chi connectivity index (χ0n) is 12.3. The highest BCUT2D eigenvalue weighted by Gasteiger charge is 2.32. The Hall–Kier alpha value is -2.09. The predicted octanol–water partition coefficient (Wildman–Crippen LogP) is 0.559. The number of carbonyl (C=O) groups excluding carboxylic acids is 2. The van der Waals surface area contributed by atoms with E-state index in [1.165, 1.54) is 17.8 Å². The van der Waals surface area contributed by atoms with E-state index in [-0.39, 0.29) is 31.1 Å². The Balaban J connectivity index is 1.85. The zero-order valence-corrected chi connectivity index (χ0v) is 13.1. The first-order chi connectivity index (χ1) is 11.0. The number of halogens is 1. The van der Waals surface area contributed by atoms with Gasteiger partial charge < -0.3 is 15.7 Å². The van der Waals surface area contributed by atoms with E-state index in [2.05, 4.69) is 10.6 Å². The largest absolute Gasteiger partial charge is 0.481 e. The number of nitrogens with one attached hydrogen (secondary N) is 2. The summed E-state index contributed by atoms with van der Waals surface area (Å²) in [7, 11) is 0. The number of hydrogen-bond donors (Lipinski definition) is 3. The molecule has 0 aliphatic carbocycles. The lowest BCUT2D eigenvalue weighted by Crippen LogP contribution is -2.54. The van der Waals surface area contributed by atoms with Crippen molar-refractivity contribution in [3.05, 3.63) is 35.6 Å². The van der Waals surface area contributed by atoms with Crippen LogP contribution in [-0.4, -0.2) is 46.5 Å². The van der Waals surface area contributed by atoms with Gasteiger partial charge in [-0.25, -0.2) is 4.39 Å². The summed E-state index contributed by atoms with van der Waals surface area (Å²) in [6.07, 6.45) is 0.0893. The van der Waals surface area contributed by atoms with Gasteiger partial charge in [-0.05, 0) is 18.1 Å². The molecule has 0 saturated carbocycles. The van der Waals surface area contributed by atoms with Crippen molar-refractivity contribution < 1.29 is 23.9 Å². The lowest BCUT2D eigenvalue weighted by Gasteiger charge is -2.28. The van der Waals surface area contributed by atoms with Gasteiger partial charge in [0.05, 0.1) is 11.7 Å². The van der Waals surface area contributed by atoms with Crippen LogP contribution in [-0.2, 0) is 20.8 Å². The molecule has 0 spiro atoms. The van der Waals surface area contributed by atoms with Crippen LogP contribution in [0.25, 0.3) is 0 Å². The molecule has 8 heteroatoms. The Morgan fingerprint density at radius 1 is 1.39 bits per heavy atom. The Morgan fingerprint density at radius 3 is 2.78 bits per heavy atom. The molecule has 0 radical (unpaired) electrons. The van der Waals surface area contributed by atoms with Crippen LogP contribution in [0.15, 0.2) is 24.3 Å². The SMILES string of the molecule is O=C(O)CCNC(=O)C1CSC(Cc2ccccc2F)C(=O)N1. The Morgan fingerprint density at radius 2 is 2.13 bits per heavy atom. The topological polar surface area (TPSA) is 95.5 Å². The van der Waals surface area contributed by atoms with Gasteiger partial charge in [-0.1, -0.05) is 18.2 Å². The van der Waals surface area contributed by atoms with Crippen molar-refractivity contribution in [1.82, 2.24) is 10.6 Å². The summed E-state index contributed by atoms with van der Waals surface area (Å²) in [6, 6.07) is 5.58. The van der Waals surface area contributed by atoms with E-state index < -0.39 is 23.2 Å². The van der Waals surface area contributed by atoms with Crippen LogP contribution in [0.4, 0.5) is 4.39 Å². The van der Waals surface area contributed by atoms with Crippen molar-refractivity contribution in [3.63, 3.8) is 0 Å². The highest BCUT2D eigenvalue weighted by Crippen LogP contribution is 2.23. The summed E-state index contributed by atoms with van der Waals surface area (Å²) in [5, 5.41) is 13.1. The van der Waals surface area contributed by atoms with Crippen LogP contribution in [0.2, 0.25) is 0 Å². The fourth-order valence-electron chi connectivity index (χ4n) is 2.17. The number of amides is 2. The summed E-state index contributed by atoms with van der Waals surface area (Å²) in [5.41, 5.74) is 0.463. The molecular formula is C15H17FN2O4S. The van der Waals surface area contributed by atoms with E-state index in [9.17, 15) is 18.8 Å². The smallest absolute Gasteiger partial charge is 0.305 e. The summed E-state index contributed by atoms with van der Waals surface area (Å²) in [4.78, 5) is 34.3. The van der Waals surface area contributed by atoms with Gasteiger partial charge in [0, 0.05) is 12.3 Å². The molecule has 1 aromatic rings. The van der Waals surface area contributed by atoms with E-state index in [4.69, 9.17) is 5.11 Å². The molecule has 3 N–H and O–H groups in total. The van der Waals surface area contributed by atoms with Crippen molar-refractivity contribution in [2.24, 2.45) is 0 Å². The molecule has 1 heterocycles. The van der Waals surface area contributed by atoms with Gasteiger partial charge >= 0.3 is 5.97 Å². The average Bonchev–Trinajstić information content (AvgIpc) is 2.50. The monoisotopic (exact) mass is 340 g/mol. The maximum atomic E-state index is 13.6. The molecule has 124 valence electrons. The van der Waals surface area contributed by atoms with Gasteiger partial charge in [0.15, 0.2) is 0 Å². The van der Waals surface area contributed by atoms with Crippen molar-refractivity contribution in [2.45, 2.75) is 24.1 Å². The molecule has 2 amide bonds. The van der Waals surface area contributed by atoms with Gasteiger partial charge in [-0.2, -0.15) is 0 Å². The van der Waals surface area contributed by atoms with Crippen LogP contribution < -0.4 is 10.6 Å². The second-order valence-electron chi connectivity index (χ2n) is 5.11. The third-order valence-electron chi connectivity index (χ3n) is 3.39. The molecule has 2 unspecified atom stereocenters. The molecule has 23 heavy (non-hydrogen) atoms. The van der Waals surface area contributed by atoms with Crippen LogP contribution in [0.3, 0.4) is 0 Å². The molecule has 1 aliphatic heterocycles. The predicted molar refractivity (Wildman–Crippen MR) is 83.5 cm³/mol. The minimum Gasteiger partial charge on any atom is -0.481 e. The van der Waals surface area contributed by atoms with Crippen LogP contribution in [0.1, 0.15) is 12.0 Å². The molecule has 1 fully saturated rings. The van der Waals surface area contributed by atoms with E-state index in [0.29, 0.717) is 11.3 Å². The highest BCUT2D eigenvalue weighted by atomic mass is 32.2.